The number of carbonyl (C=O) groups excluding carboxylic acids is 1. The maximum atomic E-state index is 9.44. The quantitative estimate of drug-likeness (QED) is 0.105. The van der Waals surface area contributed by atoms with Gasteiger partial charge < -0.3 is 22.9 Å². The molecule has 0 aromatic carbocycles. The Kier molecular flexibility index (Phi) is 250. The summed E-state index contributed by atoms with van der Waals surface area (Å²) in [5, 5.41) is 0. The molecule has 43 heavy (non-hydrogen) atoms. The maximum Gasteiger partial charge on any atom is 0.126 e. The number of carbonyl (C=O) groups is 1. The van der Waals surface area contributed by atoms with Gasteiger partial charge in [0, 0.05) is 111 Å². The predicted molar refractivity (Wildman–Crippen MR) is 210 cm³/mol. The summed E-state index contributed by atoms with van der Waals surface area (Å²) in [6.07, 6.45) is 5.89. The van der Waals surface area contributed by atoms with Crippen LogP contribution in [0.1, 0.15) is 184 Å². The first-order valence-electron chi connectivity index (χ1n) is 11.3. The molecule has 0 fully saturated rings. The number of hydrogen-bond donors (Lipinski definition) is 0. The van der Waals surface area contributed by atoms with Gasteiger partial charge in [-0.2, -0.15) is 34.6 Å². The van der Waals surface area contributed by atoms with Crippen molar-refractivity contribution in [3.63, 3.8) is 0 Å². The Balaban J connectivity index is -0.0000000118. The normalized spacial score (nSPS) is 5.60. The molecule has 0 aliphatic heterocycles. The predicted octanol–water partition coefficient (Wildman–Crippen LogP) is 15.1. The Labute approximate surface area is 362 Å². The molecule has 0 aromatic rings. The van der Waals surface area contributed by atoms with Crippen LogP contribution in [0.3, 0.4) is 0 Å². The fourth-order valence-electron chi connectivity index (χ4n) is 0. The fourth-order valence-corrected chi connectivity index (χ4v) is 0. The van der Waals surface area contributed by atoms with E-state index in [1.807, 2.05) is 69.2 Å². The number of rotatable bonds is 0. The summed E-state index contributed by atoms with van der Waals surface area (Å²) in [6.45, 7) is 37.5. The number of aliphatic imine (C=N–C) groups is 1. The Morgan fingerprint density at radius 3 is 0.605 bits per heavy atom. The average molecular weight is 862 g/mol. The summed E-state index contributed by atoms with van der Waals surface area (Å²) in [5.74, 6) is 1.58. The van der Waals surface area contributed by atoms with Crippen LogP contribution in [-0.4, -0.2) is 23.4 Å². The zero-order chi connectivity index (χ0) is 28.7. The number of Topliss-reactive ketones (excluding diaryl/α,β-unsaturated/α-hetero) is 1. The summed E-state index contributed by atoms with van der Waals surface area (Å²) in [5.41, 5.74) is 6.49. The topological polar surface area (TPSA) is 29.4 Å². The molecule has 0 heterocycles. The summed E-state index contributed by atoms with van der Waals surface area (Å²) in [4.78, 5) is 14.2. The van der Waals surface area contributed by atoms with Gasteiger partial charge in [-0.15, -0.1) is 0 Å². The summed E-state index contributed by atoms with van der Waals surface area (Å²) >= 11 is 4.54. The molecule has 0 aliphatic rings. The van der Waals surface area contributed by atoms with E-state index in [1.165, 1.54) is 42.1 Å². The monoisotopic (exact) mass is 861 g/mol. The minimum Gasteiger partial charge on any atom is -0.501 e. The molecule has 2 nitrogen and oxygen atoms in total. The van der Waals surface area contributed by atoms with Gasteiger partial charge in [-0.25, -0.2) is 0 Å². The van der Waals surface area contributed by atoms with E-state index in [9.17, 15) is 4.79 Å². The first kappa shape index (κ1) is 111. The van der Waals surface area contributed by atoms with E-state index in [1.54, 1.807) is 7.05 Å². The van der Waals surface area contributed by atoms with Crippen LogP contribution in [-0.2, 0) is 103 Å². The molecule has 0 bridgehead atoms. The second-order valence-corrected chi connectivity index (χ2v) is 9.80. The number of thiocarbonyl (C=S) groups is 1. The summed E-state index contributed by atoms with van der Waals surface area (Å²) in [7, 11) is 1.79. The van der Waals surface area contributed by atoms with Crippen molar-refractivity contribution in [2.45, 2.75) is 184 Å². The SMILES string of the molecule is C.C.C.C.C.C.C.CC(C)=C(C)C.CC(C)=O.CC(C)=S.CN=C(C)C.C[C-](C)C.C[C-]=C(C)C.C[C-]=C(C)C.[Y].[Y].[Y]. The third-order valence-corrected chi connectivity index (χ3v) is 2.45. The zero-order valence-electron chi connectivity index (χ0n) is 28.0. The molecule has 265 valence electrons. The van der Waals surface area contributed by atoms with E-state index in [0.717, 1.165) is 10.6 Å². The maximum absolute atomic E-state index is 9.44. The van der Waals surface area contributed by atoms with E-state index < -0.39 is 0 Å². The number of allylic oxidation sites excluding steroid dienone is 6. The van der Waals surface area contributed by atoms with Crippen LogP contribution in [0.5, 0.6) is 0 Å². The van der Waals surface area contributed by atoms with Gasteiger partial charge in [0.25, 0.3) is 0 Å². The van der Waals surface area contributed by atoms with Crippen molar-refractivity contribution in [1.29, 1.82) is 0 Å². The van der Waals surface area contributed by atoms with E-state index in [0.29, 0.717) is 0 Å². The van der Waals surface area contributed by atoms with E-state index in [2.05, 4.69) is 77.8 Å². The van der Waals surface area contributed by atoms with Crippen LogP contribution in [0.25, 0.3) is 0 Å². The molecule has 0 spiro atoms. The van der Waals surface area contributed by atoms with Crippen LogP contribution in [0.2, 0.25) is 0 Å². The van der Waals surface area contributed by atoms with Gasteiger partial charge in [-0.05, 0) is 74.1 Å². The Morgan fingerprint density at radius 2 is 0.605 bits per heavy atom. The minimum absolute atomic E-state index is 0. The number of ketones is 1. The first-order valence-corrected chi connectivity index (χ1v) is 11.7. The number of nitrogens with zero attached hydrogens (tertiary/aromatic N) is 1. The van der Waals surface area contributed by atoms with E-state index in [-0.39, 0.29) is 156 Å². The van der Waals surface area contributed by atoms with Gasteiger partial charge in [0.1, 0.15) is 5.78 Å². The average Bonchev–Trinajstić information content (AvgIpc) is 2.61. The number of hydrogen-bond acceptors (Lipinski definition) is 3. The minimum atomic E-state index is 0. The third-order valence-electron chi connectivity index (χ3n) is 2.45. The van der Waals surface area contributed by atoms with Gasteiger partial charge in [0.2, 0.25) is 0 Å². The van der Waals surface area contributed by atoms with Crippen LogP contribution in [0, 0.1) is 18.1 Å². The summed E-state index contributed by atoms with van der Waals surface area (Å²) < 4.78 is 0. The zero-order valence-corrected chi connectivity index (χ0v) is 37.3. The Morgan fingerprint density at radius 1 is 0.535 bits per heavy atom. The molecular formula is C37H88NOSY3-3. The third kappa shape index (κ3) is 541. The van der Waals surface area contributed by atoms with Gasteiger partial charge >= 0.3 is 0 Å². The van der Waals surface area contributed by atoms with Crippen LogP contribution < -0.4 is 0 Å². The molecule has 0 aromatic heterocycles. The standard InChI is InChI=1S/C6H12.2C5H9.C4H9N.C4H9.C3H6O.C3H6S.7CH4.3Y/c1-5(2)6(3)4;2*1-4-5(2)3;1-4(2)5-3;1-4(2)3;2*1-3(2)4;;;;;;;;;;/h1-4H3;3*1-3H3;1-3H3;2*1-2H3;7*1H4;;;/q;2*-1;;-1;;;;;;;;;;;;. The van der Waals surface area contributed by atoms with Crippen molar-refractivity contribution in [1.82, 2.24) is 0 Å². The van der Waals surface area contributed by atoms with Crippen LogP contribution in [0.15, 0.2) is 27.3 Å². The van der Waals surface area contributed by atoms with E-state index in [4.69, 9.17) is 0 Å². The second kappa shape index (κ2) is 96.7. The van der Waals surface area contributed by atoms with Crippen LogP contribution >= 0.6 is 12.2 Å². The molecule has 0 unspecified atom stereocenters. The van der Waals surface area contributed by atoms with Crippen molar-refractivity contribution in [3.8, 4) is 0 Å². The molecule has 6 heteroatoms. The summed E-state index contributed by atoms with van der Waals surface area (Å²) in [6, 6.07) is 0. The molecule has 0 amide bonds. The molecule has 0 atom stereocenters. The Bertz CT molecular complexity index is 473. The molecule has 0 rings (SSSR count). The van der Waals surface area contributed by atoms with Gasteiger partial charge in [-0.1, -0.05) is 103 Å². The first-order chi connectivity index (χ1) is 14.6. The van der Waals surface area contributed by atoms with Gasteiger partial charge in [0.05, 0.1) is 0 Å². The van der Waals surface area contributed by atoms with E-state index >= 15 is 0 Å². The van der Waals surface area contributed by atoms with Crippen molar-refractivity contribution < 1.29 is 103 Å². The van der Waals surface area contributed by atoms with Crippen molar-refractivity contribution in [3.05, 3.63) is 40.4 Å². The Hall–Kier alpha value is 1.96. The van der Waals surface area contributed by atoms with Gasteiger partial charge in [0.15, 0.2) is 0 Å². The van der Waals surface area contributed by atoms with Crippen molar-refractivity contribution in [2.75, 3.05) is 7.05 Å². The largest absolute Gasteiger partial charge is 0.501 e. The van der Waals surface area contributed by atoms with Gasteiger partial charge in [-0.3, -0.25) is 16.1 Å². The smallest absolute Gasteiger partial charge is 0.126 e. The fraction of sp³-hybridized carbons (Fsp3) is 0.730. The second-order valence-electron chi connectivity index (χ2n) is 8.99. The molecule has 0 aliphatic carbocycles. The molecule has 0 saturated heterocycles. The molecule has 3 radical (unpaired) electrons. The molecule has 0 saturated carbocycles. The van der Waals surface area contributed by atoms with Crippen LogP contribution in [0.4, 0.5) is 0 Å². The van der Waals surface area contributed by atoms with Crippen molar-refractivity contribution >= 4 is 28.6 Å². The molecule has 0 N–H and O–H groups in total. The molecular weight excluding hydrogens is 773 g/mol. The van der Waals surface area contributed by atoms with Crippen molar-refractivity contribution in [2.24, 2.45) is 4.99 Å².